The van der Waals surface area contributed by atoms with E-state index in [0.29, 0.717) is 10.9 Å². The number of thioether (sulfide) groups is 1. The van der Waals surface area contributed by atoms with E-state index in [0.717, 1.165) is 0 Å². The summed E-state index contributed by atoms with van der Waals surface area (Å²) in [5.41, 5.74) is 5.38. The maximum atomic E-state index is 5.38. The minimum absolute atomic E-state index is 0.429. The van der Waals surface area contributed by atoms with E-state index in [4.69, 9.17) is 10.2 Å². The number of hydrogen-bond acceptors (Lipinski definition) is 4. The highest BCUT2D eigenvalue weighted by molar-refractivity contribution is 8.13. The molecule has 0 spiro atoms. The standard InChI is InChI=1S/C7H9N3OS/c1-12-7(8)10-9-5-6-3-2-4-11-6/h2-5H,1H3,(H2,8,10). The molecule has 0 fully saturated rings. The summed E-state index contributed by atoms with van der Waals surface area (Å²) < 4.78 is 4.98. The summed E-state index contributed by atoms with van der Waals surface area (Å²) >= 11 is 1.35. The summed E-state index contributed by atoms with van der Waals surface area (Å²) in [6.07, 6.45) is 4.91. The van der Waals surface area contributed by atoms with Crippen molar-refractivity contribution in [1.29, 1.82) is 0 Å². The maximum absolute atomic E-state index is 5.38. The van der Waals surface area contributed by atoms with Gasteiger partial charge in [0.15, 0.2) is 5.17 Å². The van der Waals surface area contributed by atoms with Gasteiger partial charge in [0.1, 0.15) is 5.76 Å². The van der Waals surface area contributed by atoms with Crippen molar-refractivity contribution < 1.29 is 4.42 Å². The Labute approximate surface area is 74.5 Å². The highest BCUT2D eigenvalue weighted by Gasteiger charge is 1.87. The van der Waals surface area contributed by atoms with Crippen LogP contribution in [0, 0.1) is 0 Å². The zero-order valence-corrected chi connectivity index (χ0v) is 7.41. The third kappa shape index (κ3) is 2.79. The fraction of sp³-hybridized carbons (Fsp3) is 0.143. The van der Waals surface area contributed by atoms with Crippen LogP contribution in [0.3, 0.4) is 0 Å². The molecule has 12 heavy (non-hydrogen) atoms. The number of amidine groups is 1. The predicted molar refractivity (Wildman–Crippen MR) is 51.4 cm³/mol. The van der Waals surface area contributed by atoms with Crippen molar-refractivity contribution >= 4 is 23.1 Å². The third-order valence-electron chi connectivity index (χ3n) is 1.09. The molecule has 0 amide bonds. The van der Waals surface area contributed by atoms with Crippen molar-refractivity contribution in [3.63, 3.8) is 0 Å². The maximum Gasteiger partial charge on any atom is 0.180 e. The summed E-state index contributed by atoms with van der Waals surface area (Å²) in [7, 11) is 0. The number of furan rings is 1. The third-order valence-corrected chi connectivity index (χ3v) is 1.59. The van der Waals surface area contributed by atoms with Gasteiger partial charge < -0.3 is 10.2 Å². The molecule has 0 saturated heterocycles. The second-order valence-electron chi connectivity index (χ2n) is 1.90. The van der Waals surface area contributed by atoms with Gasteiger partial charge in [0.2, 0.25) is 0 Å². The lowest BCUT2D eigenvalue weighted by Gasteiger charge is -1.86. The first-order chi connectivity index (χ1) is 5.83. The molecule has 5 heteroatoms. The lowest BCUT2D eigenvalue weighted by Crippen LogP contribution is -2.03. The molecule has 0 aliphatic heterocycles. The molecule has 1 heterocycles. The van der Waals surface area contributed by atoms with Crippen molar-refractivity contribution in [3.05, 3.63) is 24.2 Å². The van der Waals surface area contributed by atoms with Crippen LogP contribution in [0.1, 0.15) is 5.76 Å². The number of hydrogen-bond donors (Lipinski definition) is 1. The van der Waals surface area contributed by atoms with Crippen molar-refractivity contribution in [2.75, 3.05) is 6.26 Å². The van der Waals surface area contributed by atoms with Gasteiger partial charge in [0, 0.05) is 0 Å². The van der Waals surface area contributed by atoms with Crippen molar-refractivity contribution in [2.45, 2.75) is 0 Å². The Morgan fingerprint density at radius 1 is 1.75 bits per heavy atom. The molecule has 1 aromatic rings. The number of rotatable bonds is 2. The zero-order chi connectivity index (χ0) is 8.81. The normalized spacial score (nSPS) is 12.6. The molecule has 2 N–H and O–H groups in total. The number of nitrogens with zero attached hydrogens (tertiary/aromatic N) is 2. The Hall–Kier alpha value is -1.23. The highest BCUT2D eigenvalue weighted by atomic mass is 32.2. The fourth-order valence-corrected chi connectivity index (χ4v) is 0.677. The van der Waals surface area contributed by atoms with Crippen LogP contribution in [0.5, 0.6) is 0 Å². The predicted octanol–water partition coefficient (Wildman–Crippen LogP) is 1.29. The molecule has 64 valence electrons. The van der Waals surface area contributed by atoms with E-state index in [9.17, 15) is 0 Å². The zero-order valence-electron chi connectivity index (χ0n) is 6.60. The van der Waals surface area contributed by atoms with Crippen LogP contribution in [0.2, 0.25) is 0 Å². The van der Waals surface area contributed by atoms with E-state index in [2.05, 4.69) is 10.2 Å². The quantitative estimate of drug-likeness (QED) is 0.427. The van der Waals surface area contributed by atoms with Crippen molar-refractivity contribution in [2.24, 2.45) is 15.9 Å². The molecule has 0 radical (unpaired) electrons. The highest BCUT2D eigenvalue weighted by Crippen LogP contribution is 1.96. The molecule has 1 aromatic heterocycles. The summed E-state index contributed by atoms with van der Waals surface area (Å²) in [5.74, 6) is 0.660. The minimum Gasteiger partial charge on any atom is -0.463 e. The monoisotopic (exact) mass is 183 g/mol. The fourth-order valence-electron chi connectivity index (χ4n) is 0.548. The summed E-state index contributed by atoms with van der Waals surface area (Å²) in [5, 5.41) is 7.82. The molecule has 4 nitrogen and oxygen atoms in total. The Kier molecular flexibility index (Phi) is 3.40. The van der Waals surface area contributed by atoms with E-state index >= 15 is 0 Å². The molecule has 0 saturated carbocycles. The van der Waals surface area contributed by atoms with E-state index in [1.54, 1.807) is 18.4 Å². The van der Waals surface area contributed by atoms with Gasteiger partial charge in [0.05, 0.1) is 12.5 Å². The summed E-state index contributed by atoms with van der Waals surface area (Å²) in [6.45, 7) is 0. The molecule has 0 aromatic carbocycles. The number of nitrogens with two attached hydrogens (primary N) is 1. The van der Waals surface area contributed by atoms with Gasteiger partial charge in [-0.2, -0.15) is 5.10 Å². The van der Waals surface area contributed by atoms with Gasteiger partial charge in [-0.25, -0.2) is 0 Å². The average Bonchev–Trinajstić information content (AvgIpc) is 2.57. The molecule has 0 bridgehead atoms. The van der Waals surface area contributed by atoms with Gasteiger partial charge in [-0.15, -0.1) is 5.10 Å². The van der Waals surface area contributed by atoms with Crippen LogP contribution >= 0.6 is 11.8 Å². The average molecular weight is 183 g/mol. The molecule has 0 unspecified atom stereocenters. The largest absolute Gasteiger partial charge is 0.463 e. The first-order valence-electron chi connectivity index (χ1n) is 3.27. The molecule has 0 aliphatic carbocycles. The first kappa shape index (κ1) is 8.86. The van der Waals surface area contributed by atoms with E-state index in [-0.39, 0.29) is 0 Å². The molecular formula is C7H9N3OS. The van der Waals surface area contributed by atoms with E-state index in [1.165, 1.54) is 18.0 Å². The van der Waals surface area contributed by atoms with Crippen LogP contribution < -0.4 is 5.73 Å². The lowest BCUT2D eigenvalue weighted by atomic mass is 10.5. The molecule has 0 aliphatic rings. The minimum atomic E-state index is 0.429. The summed E-state index contributed by atoms with van der Waals surface area (Å²) in [6, 6.07) is 3.57. The molecule has 0 atom stereocenters. The topological polar surface area (TPSA) is 63.9 Å². The van der Waals surface area contributed by atoms with Crippen LogP contribution in [0.4, 0.5) is 0 Å². The Morgan fingerprint density at radius 3 is 3.17 bits per heavy atom. The van der Waals surface area contributed by atoms with Crippen LogP contribution in [-0.2, 0) is 0 Å². The SMILES string of the molecule is CS/C(N)=N\N=Cc1ccco1. The second kappa shape index (κ2) is 4.61. The molecular weight excluding hydrogens is 174 g/mol. The van der Waals surface area contributed by atoms with Crippen molar-refractivity contribution in [3.8, 4) is 0 Å². The van der Waals surface area contributed by atoms with Gasteiger partial charge in [-0.1, -0.05) is 11.8 Å². The van der Waals surface area contributed by atoms with Crippen LogP contribution in [0.25, 0.3) is 0 Å². The molecule has 1 rings (SSSR count). The first-order valence-corrected chi connectivity index (χ1v) is 4.49. The van der Waals surface area contributed by atoms with Gasteiger partial charge in [-0.3, -0.25) is 0 Å². The van der Waals surface area contributed by atoms with Crippen molar-refractivity contribution in [1.82, 2.24) is 0 Å². The van der Waals surface area contributed by atoms with Crippen LogP contribution in [-0.4, -0.2) is 17.6 Å². The Balaban J connectivity index is 2.52. The second-order valence-corrected chi connectivity index (χ2v) is 2.73. The van der Waals surface area contributed by atoms with Gasteiger partial charge >= 0.3 is 0 Å². The van der Waals surface area contributed by atoms with E-state index in [1.807, 2.05) is 6.26 Å². The lowest BCUT2D eigenvalue weighted by molar-refractivity contribution is 0.560. The van der Waals surface area contributed by atoms with Gasteiger partial charge in [-0.05, 0) is 18.4 Å². The Morgan fingerprint density at radius 2 is 2.58 bits per heavy atom. The van der Waals surface area contributed by atoms with E-state index < -0.39 is 0 Å². The smallest absolute Gasteiger partial charge is 0.180 e. The summed E-state index contributed by atoms with van der Waals surface area (Å²) in [4.78, 5) is 0. The Bertz CT molecular complexity index is 279. The van der Waals surface area contributed by atoms with Crippen LogP contribution in [0.15, 0.2) is 33.0 Å². The van der Waals surface area contributed by atoms with Gasteiger partial charge in [0.25, 0.3) is 0 Å².